The van der Waals surface area contributed by atoms with Gasteiger partial charge in [-0.05, 0) is 18.2 Å². The van der Waals surface area contributed by atoms with Gasteiger partial charge in [0.1, 0.15) is 0 Å². The predicted molar refractivity (Wildman–Crippen MR) is 83.5 cm³/mol. The zero-order chi connectivity index (χ0) is 14.5. The SMILES string of the molecule is O=C(CC1CSCCN1)Nc1ccc(Br)cc1C(=O)O. The second kappa shape index (κ2) is 7.10. The number of carboxylic acids is 1. The summed E-state index contributed by atoms with van der Waals surface area (Å²) < 4.78 is 0.665. The van der Waals surface area contributed by atoms with Crippen molar-refractivity contribution in [1.82, 2.24) is 5.32 Å². The van der Waals surface area contributed by atoms with Crippen LogP contribution < -0.4 is 10.6 Å². The Labute approximate surface area is 129 Å². The first-order valence-corrected chi connectivity index (χ1v) is 8.15. The third-order valence-electron chi connectivity index (χ3n) is 2.92. The van der Waals surface area contributed by atoms with E-state index in [-0.39, 0.29) is 17.5 Å². The molecular formula is C13H15BrN2O3S. The van der Waals surface area contributed by atoms with Crippen molar-refractivity contribution in [2.75, 3.05) is 23.4 Å². The van der Waals surface area contributed by atoms with Crippen molar-refractivity contribution in [3.05, 3.63) is 28.2 Å². The van der Waals surface area contributed by atoms with Crippen molar-refractivity contribution >= 4 is 45.3 Å². The van der Waals surface area contributed by atoms with Gasteiger partial charge in [-0.2, -0.15) is 11.8 Å². The predicted octanol–water partition coefficient (Wildman–Crippen LogP) is 2.18. The molecule has 0 bridgehead atoms. The Kier molecular flexibility index (Phi) is 5.45. The lowest BCUT2D eigenvalue weighted by molar-refractivity contribution is -0.116. The van der Waals surface area contributed by atoms with Gasteiger partial charge in [0.2, 0.25) is 5.91 Å². The number of hydrogen-bond acceptors (Lipinski definition) is 4. The molecule has 0 saturated carbocycles. The summed E-state index contributed by atoms with van der Waals surface area (Å²) in [6.45, 7) is 0.904. The van der Waals surface area contributed by atoms with E-state index in [1.54, 1.807) is 12.1 Å². The van der Waals surface area contributed by atoms with E-state index in [9.17, 15) is 9.59 Å². The summed E-state index contributed by atoms with van der Waals surface area (Å²) in [5.74, 6) is 0.732. The van der Waals surface area contributed by atoms with Crippen LogP contribution in [0.3, 0.4) is 0 Å². The van der Waals surface area contributed by atoms with Crippen molar-refractivity contribution in [1.29, 1.82) is 0 Å². The quantitative estimate of drug-likeness (QED) is 0.768. The first kappa shape index (κ1) is 15.3. The lowest BCUT2D eigenvalue weighted by atomic mass is 10.1. The van der Waals surface area contributed by atoms with Gasteiger partial charge in [0.25, 0.3) is 0 Å². The summed E-state index contributed by atoms with van der Waals surface area (Å²) >= 11 is 5.04. The molecular weight excluding hydrogens is 344 g/mol. The number of halogens is 1. The molecule has 1 amide bonds. The maximum Gasteiger partial charge on any atom is 0.337 e. The fourth-order valence-corrected chi connectivity index (χ4v) is 3.29. The number of nitrogens with one attached hydrogen (secondary N) is 2. The molecule has 1 heterocycles. The zero-order valence-corrected chi connectivity index (χ0v) is 13.1. The standard InChI is InChI=1S/C13H15BrN2O3S/c14-8-1-2-11(10(5-8)13(18)19)16-12(17)6-9-7-20-4-3-15-9/h1-2,5,9,15H,3-4,6-7H2,(H,16,17)(H,18,19). The van der Waals surface area contributed by atoms with Gasteiger partial charge in [-0.1, -0.05) is 15.9 Å². The number of carboxylic acid groups (broad SMARTS) is 1. The number of rotatable bonds is 4. The lowest BCUT2D eigenvalue weighted by Crippen LogP contribution is -2.40. The molecule has 2 rings (SSSR count). The molecule has 0 aliphatic carbocycles. The van der Waals surface area contributed by atoms with E-state index >= 15 is 0 Å². The fourth-order valence-electron chi connectivity index (χ4n) is 1.98. The minimum absolute atomic E-state index is 0.0821. The highest BCUT2D eigenvalue weighted by atomic mass is 79.9. The van der Waals surface area contributed by atoms with Crippen LogP contribution in [-0.2, 0) is 4.79 Å². The smallest absolute Gasteiger partial charge is 0.337 e. The van der Waals surface area contributed by atoms with Gasteiger partial charge in [0.15, 0.2) is 0 Å². The van der Waals surface area contributed by atoms with Gasteiger partial charge in [0, 0.05) is 35.0 Å². The Morgan fingerprint density at radius 2 is 2.30 bits per heavy atom. The molecule has 1 unspecified atom stereocenters. The highest BCUT2D eigenvalue weighted by molar-refractivity contribution is 9.10. The Morgan fingerprint density at radius 1 is 1.50 bits per heavy atom. The topological polar surface area (TPSA) is 78.4 Å². The van der Waals surface area contributed by atoms with Crippen LogP contribution in [-0.4, -0.2) is 41.1 Å². The normalized spacial score (nSPS) is 18.6. The molecule has 1 saturated heterocycles. The van der Waals surface area contributed by atoms with Crippen LogP contribution in [0.15, 0.2) is 22.7 Å². The number of aromatic carboxylic acids is 1. The molecule has 0 aromatic heterocycles. The average Bonchev–Trinajstić information content (AvgIpc) is 2.41. The monoisotopic (exact) mass is 358 g/mol. The molecule has 1 fully saturated rings. The summed E-state index contributed by atoms with van der Waals surface area (Å²) in [7, 11) is 0. The zero-order valence-electron chi connectivity index (χ0n) is 10.7. The molecule has 3 N–H and O–H groups in total. The van der Waals surface area contributed by atoms with Crippen molar-refractivity contribution in [3.63, 3.8) is 0 Å². The number of carbonyl (C=O) groups excluding carboxylic acids is 1. The van der Waals surface area contributed by atoms with Gasteiger partial charge >= 0.3 is 5.97 Å². The van der Waals surface area contributed by atoms with Crippen LogP contribution in [0.5, 0.6) is 0 Å². The molecule has 5 nitrogen and oxygen atoms in total. The second-order valence-electron chi connectivity index (χ2n) is 4.47. The molecule has 7 heteroatoms. The summed E-state index contributed by atoms with van der Waals surface area (Å²) in [6, 6.07) is 4.93. The molecule has 20 heavy (non-hydrogen) atoms. The van der Waals surface area contributed by atoms with E-state index in [0.717, 1.165) is 18.1 Å². The van der Waals surface area contributed by atoms with E-state index in [2.05, 4.69) is 26.6 Å². The van der Waals surface area contributed by atoms with Gasteiger partial charge in [-0.25, -0.2) is 4.79 Å². The van der Waals surface area contributed by atoms with Crippen LogP contribution >= 0.6 is 27.7 Å². The first-order chi connectivity index (χ1) is 9.56. The van der Waals surface area contributed by atoms with Crippen molar-refractivity contribution in [3.8, 4) is 0 Å². The largest absolute Gasteiger partial charge is 0.478 e. The third kappa shape index (κ3) is 4.22. The lowest BCUT2D eigenvalue weighted by Gasteiger charge is -2.22. The van der Waals surface area contributed by atoms with Gasteiger partial charge in [-0.3, -0.25) is 4.79 Å². The molecule has 108 valence electrons. The first-order valence-electron chi connectivity index (χ1n) is 6.20. The van der Waals surface area contributed by atoms with Gasteiger partial charge < -0.3 is 15.7 Å². The minimum Gasteiger partial charge on any atom is -0.478 e. The van der Waals surface area contributed by atoms with Crippen LogP contribution in [0, 0.1) is 0 Å². The number of thioether (sulfide) groups is 1. The van der Waals surface area contributed by atoms with Crippen molar-refractivity contribution in [2.45, 2.75) is 12.5 Å². The average molecular weight is 359 g/mol. The van der Waals surface area contributed by atoms with E-state index in [1.807, 2.05) is 11.8 Å². The number of carbonyl (C=O) groups is 2. The van der Waals surface area contributed by atoms with Gasteiger partial charge in [0.05, 0.1) is 11.3 Å². The van der Waals surface area contributed by atoms with E-state index in [0.29, 0.717) is 16.6 Å². The van der Waals surface area contributed by atoms with E-state index in [4.69, 9.17) is 5.11 Å². The molecule has 1 aliphatic heterocycles. The molecule has 1 aromatic rings. The highest BCUT2D eigenvalue weighted by Gasteiger charge is 2.18. The third-order valence-corrected chi connectivity index (χ3v) is 4.54. The molecule has 1 aromatic carbocycles. The van der Waals surface area contributed by atoms with Crippen LogP contribution in [0.1, 0.15) is 16.8 Å². The Bertz CT molecular complexity index is 518. The molecule has 0 radical (unpaired) electrons. The maximum atomic E-state index is 12.0. The number of hydrogen-bond donors (Lipinski definition) is 3. The Morgan fingerprint density at radius 3 is 2.95 bits per heavy atom. The number of benzene rings is 1. The minimum atomic E-state index is -1.06. The Hall–Kier alpha value is -1.05. The summed E-state index contributed by atoms with van der Waals surface area (Å²) in [5.41, 5.74) is 0.410. The van der Waals surface area contributed by atoms with Crippen LogP contribution in [0.25, 0.3) is 0 Å². The molecule has 0 spiro atoms. The van der Waals surface area contributed by atoms with E-state index in [1.165, 1.54) is 6.07 Å². The Balaban J connectivity index is 2.01. The number of amides is 1. The van der Waals surface area contributed by atoms with Crippen molar-refractivity contribution in [2.24, 2.45) is 0 Å². The van der Waals surface area contributed by atoms with E-state index < -0.39 is 5.97 Å². The second-order valence-corrected chi connectivity index (χ2v) is 6.54. The maximum absolute atomic E-state index is 12.0. The van der Waals surface area contributed by atoms with Gasteiger partial charge in [-0.15, -0.1) is 0 Å². The number of anilines is 1. The van der Waals surface area contributed by atoms with Crippen LogP contribution in [0.2, 0.25) is 0 Å². The highest BCUT2D eigenvalue weighted by Crippen LogP contribution is 2.21. The summed E-state index contributed by atoms with van der Waals surface area (Å²) in [4.78, 5) is 23.1. The summed E-state index contributed by atoms with van der Waals surface area (Å²) in [5, 5.41) is 15.1. The summed E-state index contributed by atoms with van der Waals surface area (Å²) in [6.07, 6.45) is 0.349. The fraction of sp³-hybridized carbons (Fsp3) is 0.385. The van der Waals surface area contributed by atoms with Crippen LogP contribution in [0.4, 0.5) is 5.69 Å². The van der Waals surface area contributed by atoms with Crippen molar-refractivity contribution < 1.29 is 14.7 Å². The molecule has 1 atom stereocenters. The molecule has 1 aliphatic rings.